The molecular weight excluding hydrogens is 99.0 g/mol. The second-order valence-electron chi connectivity index (χ2n) is 1.78. The summed E-state index contributed by atoms with van der Waals surface area (Å²) in [5.41, 5.74) is 0. The van der Waals surface area contributed by atoms with E-state index in [1.54, 1.807) is 0 Å². The van der Waals surface area contributed by atoms with Crippen molar-refractivity contribution in [3.8, 4) is 0 Å². The van der Waals surface area contributed by atoms with Crippen LogP contribution in [0.1, 0.15) is 19.3 Å². The number of rotatable bonds is 4. The molecule has 0 aliphatic heterocycles. The van der Waals surface area contributed by atoms with Gasteiger partial charge in [0.1, 0.15) is 0 Å². The van der Waals surface area contributed by atoms with Crippen molar-refractivity contribution < 1.29 is 5.11 Å². The molecule has 0 fully saturated rings. The minimum absolute atomic E-state index is 0.377. The van der Waals surface area contributed by atoms with Crippen LogP contribution in [-0.4, -0.2) is 39.6 Å². The molecule has 0 aromatic rings. The molecule has 0 unspecified atom stereocenters. The summed E-state index contributed by atoms with van der Waals surface area (Å²) in [4.78, 5) is 0. The molecule has 7 heavy (non-hydrogen) atoms. The molecule has 0 spiro atoms. The molecule has 1 nitrogen and oxygen atoms in total. The first-order valence-corrected chi connectivity index (χ1v) is 4.44. The zero-order chi connectivity index (χ0) is 5.54. The van der Waals surface area contributed by atoms with Crippen LogP contribution >= 0.6 is 0 Å². The number of unbranched alkanes of at least 4 members (excludes halogenated alkanes) is 2. The Bertz CT molecular complexity index is 27.3. The third kappa shape index (κ3) is 6.96. The van der Waals surface area contributed by atoms with Crippen molar-refractivity contribution in [1.82, 2.24) is 0 Å². The Hall–Kier alpha value is 0.960. The Balaban J connectivity index is 2.45. The van der Waals surface area contributed by atoms with Crippen LogP contribution in [0.2, 0.25) is 3.67 Å². The molecule has 0 heterocycles. The SMILES string of the molecule is OCCCC[CH2][Na]. The zero-order valence-corrected chi connectivity index (χ0v) is 6.98. The number of hydrogen-bond donors (Lipinski definition) is 1. The zero-order valence-electron chi connectivity index (χ0n) is 4.98. The summed E-state index contributed by atoms with van der Waals surface area (Å²) in [7, 11) is 0. The van der Waals surface area contributed by atoms with Gasteiger partial charge < -0.3 is 0 Å². The molecule has 0 saturated heterocycles. The number of aliphatic hydroxyl groups is 1. The van der Waals surface area contributed by atoms with Crippen molar-refractivity contribution in [3.63, 3.8) is 0 Å². The molecule has 0 radical (unpaired) electrons. The van der Waals surface area contributed by atoms with E-state index in [0.717, 1.165) is 6.42 Å². The third-order valence-corrected chi connectivity index (χ3v) is 1.72. The average Bonchev–Trinajstić information content (AvgIpc) is 1.69. The molecule has 0 bridgehead atoms. The molecule has 38 valence electrons. The van der Waals surface area contributed by atoms with Crippen molar-refractivity contribution in [2.45, 2.75) is 22.9 Å². The van der Waals surface area contributed by atoms with Gasteiger partial charge in [0.25, 0.3) is 0 Å². The summed E-state index contributed by atoms with van der Waals surface area (Å²) in [6, 6.07) is 0. The molecule has 0 rings (SSSR count). The van der Waals surface area contributed by atoms with E-state index in [9.17, 15) is 0 Å². The summed E-state index contributed by atoms with van der Waals surface area (Å²) in [6.45, 7) is 0.377. The summed E-state index contributed by atoms with van der Waals surface area (Å²) in [5, 5.41) is 8.30. The Kier molecular flexibility index (Phi) is 7.91. The Morgan fingerprint density at radius 2 is 1.86 bits per heavy atom. The molecule has 0 aromatic heterocycles. The van der Waals surface area contributed by atoms with E-state index in [1.807, 2.05) is 0 Å². The van der Waals surface area contributed by atoms with Gasteiger partial charge in [-0.25, -0.2) is 0 Å². The van der Waals surface area contributed by atoms with Crippen LogP contribution < -0.4 is 0 Å². The van der Waals surface area contributed by atoms with Gasteiger partial charge in [-0.05, 0) is 0 Å². The van der Waals surface area contributed by atoms with E-state index >= 15 is 0 Å². The summed E-state index contributed by atoms with van der Waals surface area (Å²) < 4.78 is 1.39. The maximum atomic E-state index is 8.30. The molecule has 0 aromatic carbocycles. The molecule has 1 N–H and O–H groups in total. The molecule has 0 aliphatic carbocycles. The summed E-state index contributed by atoms with van der Waals surface area (Å²) in [5.74, 6) is 0. The first-order chi connectivity index (χ1) is 3.41. The average molecular weight is 110 g/mol. The van der Waals surface area contributed by atoms with Gasteiger partial charge in [-0.2, -0.15) is 0 Å². The summed E-state index contributed by atoms with van der Waals surface area (Å²) >= 11 is 1.32. The normalized spacial score (nSPS) is 9.57. The predicted octanol–water partition coefficient (Wildman–Crippen LogP) is 0.736. The van der Waals surface area contributed by atoms with Crippen molar-refractivity contribution >= 4 is 27.9 Å². The van der Waals surface area contributed by atoms with Gasteiger partial charge in [-0.3, -0.25) is 0 Å². The van der Waals surface area contributed by atoms with E-state index in [2.05, 4.69) is 0 Å². The molecule has 0 saturated carbocycles. The van der Waals surface area contributed by atoms with Crippen molar-refractivity contribution in [3.05, 3.63) is 0 Å². The van der Waals surface area contributed by atoms with Crippen LogP contribution in [0.5, 0.6) is 0 Å². The second kappa shape index (κ2) is 6.96. The van der Waals surface area contributed by atoms with E-state index in [0.29, 0.717) is 6.61 Å². The van der Waals surface area contributed by atoms with Crippen LogP contribution in [0.4, 0.5) is 0 Å². The van der Waals surface area contributed by atoms with Crippen LogP contribution in [0.25, 0.3) is 0 Å². The Morgan fingerprint density at radius 3 is 2.29 bits per heavy atom. The van der Waals surface area contributed by atoms with Crippen LogP contribution in [0.3, 0.4) is 0 Å². The topological polar surface area (TPSA) is 20.2 Å². The van der Waals surface area contributed by atoms with Crippen LogP contribution in [-0.2, 0) is 0 Å². The fourth-order valence-electron chi connectivity index (χ4n) is 0.539. The van der Waals surface area contributed by atoms with Crippen molar-refractivity contribution in [1.29, 1.82) is 0 Å². The van der Waals surface area contributed by atoms with Gasteiger partial charge >= 0.3 is 62.6 Å². The monoisotopic (exact) mass is 110 g/mol. The predicted molar refractivity (Wildman–Crippen MR) is 31.5 cm³/mol. The van der Waals surface area contributed by atoms with Gasteiger partial charge in [-0.15, -0.1) is 0 Å². The standard InChI is InChI=1S/C5H11O.Na/c1-2-3-4-5-6;/h6H,1-5H2;. The fraction of sp³-hybridized carbons (Fsp3) is 1.00. The third-order valence-electron chi connectivity index (χ3n) is 1.01. The van der Waals surface area contributed by atoms with Gasteiger partial charge in [0, 0.05) is 0 Å². The summed E-state index contributed by atoms with van der Waals surface area (Å²) in [6.07, 6.45) is 3.55. The molecule has 0 aliphatic rings. The van der Waals surface area contributed by atoms with Crippen molar-refractivity contribution in [2.24, 2.45) is 0 Å². The van der Waals surface area contributed by atoms with Crippen molar-refractivity contribution in [2.75, 3.05) is 6.61 Å². The molecule has 0 atom stereocenters. The molecule has 2 heteroatoms. The number of hydrogen-bond acceptors (Lipinski definition) is 1. The molecule has 0 amide bonds. The Labute approximate surface area is 62.5 Å². The first kappa shape index (κ1) is 7.96. The van der Waals surface area contributed by atoms with Gasteiger partial charge in [0.15, 0.2) is 0 Å². The van der Waals surface area contributed by atoms with E-state index in [4.69, 9.17) is 5.11 Å². The maximum absolute atomic E-state index is 8.30. The second-order valence-corrected chi connectivity index (χ2v) is 2.78. The van der Waals surface area contributed by atoms with Gasteiger partial charge in [0.05, 0.1) is 0 Å². The molecular formula is C5H11NaO. The van der Waals surface area contributed by atoms with Crippen LogP contribution in [0, 0.1) is 0 Å². The van der Waals surface area contributed by atoms with E-state index in [-0.39, 0.29) is 0 Å². The Morgan fingerprint density at radius 1 is 1.14 bits per heavy atom. The van der Waals surface area contributed by atoms with Gasteiger partial charge in [-0.1, -0.05) is 0 Å². The fourth-order valence-corrected chi connectivity index (χ4v) is 1.04. The quantitative estimate of drug-likeness (QED) is 0.418. The van der Waals surface area contributed by atoms with E-state index < -0.39 is 0 Å². The first-order valence-electron chi connectivity index (χ1n) is 3.02. The van der Waals surface area contributed by atoms with Crippen LogP contribution in [0.15, 0.2) is 0 Å². The van der Waals surface area contributed by atoms with Gasteiger partial charge in [0.2, 0.25) is 0 Å². The number of aliphatic hydroxyl groups excluding tert-OH is 1. The van der Waals surface area contributed by atoms with E-state index in [1.165, 1.54) is 44.4 Å². The minimum atomic E-state index is 0.377.